The van der Waals surface area contributed by atoms with Crippen molar-refractivity contribution in [2.75, 3.05) is 18.1 Å². The molecule has 0 aliphatic carbocycles. The van der Waals surface area contributed by atoms with Crippen molar-refractivity contribution in [3.05, 3.63) is 18.2 Å². The minimum absolute atomic E-state index is 0.00153. The number of β-amino-alcohol motifs (C(OH)–C–C–N with tert-alkyl or cyclic N) is 1. The molecule has 3 N–H and O–H groups in total. The van der Waals surface area contributed by atoms with Crippen LogP contribution in [0, 0.1) is 0 Å². The molecule has 0 saturated carbocycles. The molecule has 0 fully saturated rings. The number of hydrogen-bond donors (Lipinski definition) is 3. The standard InChI is InChI=1S/C13H17NO5/c1-13(2)12(18)14(6-9(17)7-15)10-5-8(16)3-4-11(10)19-13/h3-5,9,15-17H,6-7H2,1-2H3. The zero-order valence-electron chi connectivity index (χ0n) is 10.8. The van der Waals surface area contributed by atoms with E-state index >= 15 is 0 Å². The van der Waals surface area contributed by atoms with Gasteiger partial charge in [0, 0.05) is 6.07 Å². The number of rotatable bonds is 3. The number of aliphatic hydroxyl groups excluding tert-OH is 2. The lowest BCUT2D eigenvalue weighted by atomic mass is 10.0. The van der Waals surface area contributed by atoms with E-state index in [1.807, 2.05) is 0 Å². The van der Waals surface area contributed by atoms with E-state index in [9.17, 15) is 15.0 Å². The number of phenolic OH excluding ortho intramolecular Hbond substituents is 1. The number of nitrogens with zero attached hydrogens (tertiary/aromatic N) is 1. The highest BCUT2D eigenvalue weighted by molar-refractivity contribution is 6.02. The van der Waals surface area contributed by atoms with Gasteiger partial charge in [-0.15, -0.1) is 0 Å². The first-order chi connectivity index (χ1) is 8.85. The fraction of sp³-hybridized carbons (Fsp3) is 0.462. The van der Waals surface area contributed by atoms with Crippen LogP contribution in [0.15, 0.2) is 18.2 Å². The van der Waals surface area contributed by atoms with Gasteiger partial charge in [-0.05, 0) is 26.0 Å². The first-order valence-electron chi connectivity index (χ1n) is 5.98. The number of ether oxygens (including phenoxy) is 1. The zero-order valence-corrected chi connectivity index (χ0v) is 10.8. The summed E-state index contributed by atoms with van der Waals surface area (Å²) in [6.07, 6.45) is -1.05. The molecule has 6 nitrogen and oxygen atoms in total. The van der Waals surface area contributed by atoms with E-state index in [2.05, 4.69) is 0 Å². The van der Waals surface area contributed by atoms with E-state index in [1.54, 1.807) is 19.9 Å². The van der Waals surface area contributed by atoms with E-state index < -0.39 is 18.3 Å². The lowest BCUT2D eigenvalue weighted by Gasteiger charge is -2.39. The van der Waals surface area contributed by atoms with Crippen LogP contribution in [0.2, 0.25) is 0 Å². The average Bonchev–Trinajstić information content (AvgIpc) is 2.35. The summed E-state index contributed by atoms with van der Waals surface area (Å²) in [6.45, 7) is 2.75. The minimum atomic E-state index is -1.06. The van der Waals surface area contributed by atoms with E-state index in [-0.39, 0.29) is 18.2 Å². The summed E-state index contributed by atoms with van der Waals surface area (Å²) in [5.41, 5.74) is -0.670. The summed E-state index contributed by atoms with van der Waals surface area (Å²) in [5.74, 6) is 0.115. The molecule has 1 atom stereocenters. The maximum atomic E-state index is 12.3. The van der Waals surface area contributed by atoms with Crippen LogP contribution in [0.1, 0.15) is 13.8 Å². The van der Waals surface area contributed by atoms with Crippen LogP contribution < -0.4 is 9.64 Å². The molecule has 6 heteroatoms. The van der Waals surface area contributed by atoms with Crippen molar-refractivity contribution in [3.63, 3.8) is 0 Å². The molecule has 1 unspecified atom stereocenters. The third-order valence-electron chi connectivity index (χ3n) is 2.96. The number of carbonyl (C=O) groups is 1. The first kappa shape index (κ1) is 13.6. The number of aromatic hydroxyl groups is 1. The van der Waals surface area contributed by atoms with Crippen LogP contribution in [0.4, 0.5) is 5.69 Å². The van der Waals surface area contributed by atoms with Crippen LogP contribution in [0.5, 0.6) is 11.5 Å². The van der Waals surface area contributed by atoms with Crippen molar-refractivity contribution in [2.24, 2.45) is 0 Å². The summed E-state index contributed by atoms with van der Waals surface area (Å²) in [5, 5.41) is 28.0. The second-order valence-electron chi connectivity index (χ2n) is 5.02. The van der Waals surface area contributed by atoms with Crippen molar-refractivity contribution >= 4 is 11.6 Å². The van der Waals surface area contributed by atoms with Crippen molar-refractivity contribution in [1.82, 2.24) is 0 Å². The molecule has 104 valence electrons. The molecule has 0 aromatic heterocycles. The predicted octanol–water partition coefficient (Wildman–Crippen LogP) is 0.249. The Morgan fingerprint density at radius 1 is 1.42 bits per heavy atom. The molecule has 0 bridgehead atoms. The fourth-order valence-corrected chi connectivity index (χ4v) is 2.01. The van der Waals surface area contributed by atoms with Crippen LogP contribution in [0.25, 0.3) is 0 Å². The SMILES string of the molecule is CC1(C)Oc2ccc(O)cc2N(CC(O)CO)C1=O. The van der Waals surface area contributed by atoms with Crippen LogP contribution >= 0.6 is 0 Å². The van der Waals surface area contributed by atoms with Gasteiger partial charge >= 0.3 is 0 Å². The van der Waals surface area contributed by atoms with E-state index in [1.165, 1.54) is 17.0 Å². The minimum Gasteiger partial charge on any atom is -0.508 e. The maximum absolute atomic E-state index is 12.3. The van der Waals surface area contributed by atoms with E-state index in [0.29, 0.717) is 11.4 Å². The summed E-state index contributed by atoms with van der Waals surface area (Å²) < 4.78 is 5.59. The molecule has 0 radical (unpaired) electrons. The van der Waals surface area contributed by atoms with Gasteiger partial charge in [-0.25, -0.2) is 0 Å². The van der Waals surface area contributed by atoms with Crippen LogP contribution in [-0.2, 0) is 4.79 Å². The lowest BCUT2D eigenvalue weighted by molar-refractivity contribution is -0.133. The highest BCUT2D eigenvalue weighted by atomic mass is 16.5. The van der Waals surface area contributed by atoms with Gasteiger partial charge in [0.2, 0.25) is 0 Å². The predicted molar refractivity (Wildman–Crippen MR) is 68.3 cm³/mol. The van der Waals surface area contributed by atoms with E-state index in [0.717, 1.165) is 0 Å². The molecular formula is C13H17NO5. The Morgan fingerprint density at radius 2 is 2.11 bits per heavy atom. The molecule has 2 rings (SSSR count). The number of amides is 1. The van der Waals surface area contributed by atoms with Gasteiger partial charge in [0.25, 0.3) is 5.91 Å². The Kier molecular flexibility index (Phi) is 3.38. The topological polar surface area (TPSA) is 90.2 Å². The van der Waals surface area contributed by atoms with Crippen molar-refractivity contribution in [2.45, 2.75) is 25.6 Å². The van der Waals surface area contributed by atoms with Crippen molar-refractivity contribution < 1.29 is 24.9 Å². The molecule has 1 aliphatic rings. The Morgan fingerprint density at radius 3 is 2.74 bits per heavy atom. The summed E-state index contributed by atoms with van der Waals surface area (Å²) in [4.78, 5) is 13.6. The largest absolute Gasteiger partial charge is 0.508 e. The molecule has 0 spiro atoms. The van der Waals surface area contributed by atoms with Crippen LogP contribution in [-0.4, -0.2) is 46.1 Å². The molecule has 1 aliphatic heterocycles. The van der Waals surface area contributed by atoms with Crippen molar-refractivity contribution in [3.8, 4) is 11.5 Å². The first-order valence-corrected chi connectivity index (χ1v) is 5.98. The number of carbonyl (C=O) groups excluding carboxylic acids is 1. The molecule has 1 amide bonds. The molecule has 1 heterocycles. The van der Waals surface area contributed by atoms with E-state index in [4.69, 9.17) is 9.84 Å². The Hall–Kier alpha value is -1.79. The second kappa shape index (κ2) is 4.71. The average molecular weight is 267 g/mol. The van der Waals surface area contributed by atoms with Gasteiger partial charge < -0.3 is 25.0 Å². The number of fused-ring (bicyclic) bond motifs is 1. The third-order valence-corrected chi connectivity index (χ3v) is 2.96. The summed E-state index contributed by atoms with van der Waals surface area (Å²) in [7, 11) is 0. The van der Waals surface area contributed by atoms with Gasteiger partial charge in [-0.1, -0.05) is 0 Å². The summed E-state index contributed by atoms with van der Waals surface area (Å²) >= 11 is 0. The fourth-order valence-electron chi connectivity index (χ4n) is 2.01. The molecular weight excluding hydrogens is 250 g/mol. The van der Waals surface area contributed by atoms with Gasteiger partial charge in [-0.3, -0.25) is 4.79 Å². The highest BCUT2D eigenvalue weighted by Gasteiger charge is 2.41. The second-order valence-corrected chi connectivity index (χ2v) is 5.02. The van der Waals surface area contributed by atoms with Gasteiger partial charge in [0.15, 0.2) is 5.60 Å². The molecule has 1 aromatic carbocycles. The van der Waals surface area contributed by atoms with Gasteiger partial charge in [0.05, 0.1) is 24.9 Å². The zero-order chi connectivity index (χ0) is 14.2. The number of hydrogen-bond acceptors (Lipinski definition) is 5. The Bertz CT molecular complexity index is 500. The number of benzene rings is 1. The normalized spacial score (nSPS) is 18.7. The molecule has 1 aromatic rings. The maximum Gasteiger partial charge on any atom is 0.270 e. The highest BCUT2D eigenvalue weighted by Crippen LogP contribution is 2.39. The number of anilines is 1. The summed E-state index contributed by atoms with van der Waals surface area (Å²) in [6, 6.07) is 4.43. The smallest absolute Gasteiger partial charge is 0.270 e. The lowest BCUT2D eigenvalue weighted by Crippen LogP contribution is -2.54. The van der Waals surface area contributed by atoms with Crippen LogP contribution in [0.3, 0.4) is 0 Å². The van der Waals surface area contributed by atoms with Gasteiger partial charge in [-0.2, -0.15) is 0 Å². The Balaban J connectivity index is 2.44. The molecule has 19 heavy (non-hydrogen) atoms. The monoisotopic (exact) mass is 267 g/mol. The molecule has 0 saturated heterocycles. The third kappa shape index (κ3) is 2.50. The number of aliphatic hydroxyl groups is 2. The quantitative estimate of drug-likeness (QED) is 0.730. The Labute approximate surface area is 110 Å². The number of phenols is 1. The van der Waals surface area contributed by atoms with Gasteiger partial charge in [0.1, 0.15) is 11.5 Å². The van der Waals surface area contributed by atoms with Crippen molar-refractivity contribution in [1.29, 1.82) is 0 Å².